The molecule has 22 heavy (non-hydrogen) atoms. The summed E-state index contributed by atoms with van der Waals surface area (Å²) in [5.41, 5.74) is 1.34. The molecule has 1 aromatic carbocycles. The van der Waals surface area contributed by atoms with Crippen LogP contribution in [0.3, 0.4) is 0 Å². The number of carboxylic acid groups (broad SMARTS) is 1. The van der Waals surface area contributed by atoms with Gasteiger partial charge in [0.2, 0.25) is 5.88 Å². The number of benzene rings is 1. The molecule has 114 valence electrons. The zero-order valence-electron chi connectivity index (χ0n) is 12.0. The molecule has 0 radical (unpaired) electrons. The molecule has 5 heteroatoms. The Morgan fingerprint density at radius 3 is 2.55 bits per heavy atom. The van der Waals surface area contributed by atoms with E-state index in [2.05, 4.69) is 4.98 Å². The minimum atomic E-state index is -1.05. The first-order chi connectivity index (χ1) is 10.6. The van der Waals surface area contributed by atoms with E-state index in [1.165, 1.54) is 24.4 Å². The van der Waals surface area contributed by atoms with E-state index < -0.39 is 5.97 Å². The highest BCUT2D eigenvalue weighted by Crippen LogP contribution is 2.32. The van der Waals surface area contributed by atoms with E-state index in [9.17, 15) is 9.18 Å². The van der Waals surface area contributed by atoms with Crippen LogP contribution in [-0.2, 0) is 0 Å². The minimum absolute atomic E-state index is 0.0816. The molecule has 0 spiro atoms. The van der Waals surface area contributed by atoms with Gasteiger partial charge >= 0.3 is 5.97 Å². The van der Waals surface area contributed by atoms with Crippen LogP contribution in [0.2, 0.25) is 0 Å². The lowest BCUT2D eigenvalue weighted by Gasteiger charge is -2.16. The van der Waals surface area contributed by atoms with Crippen LogP contribution in [0.25, 0.3) is 11.1 Å². The molecule has 1 heterocycles. The minimum Gasteiger partial charge on any atom is -0.478 e. The number of aromatic carboxylic acids is 1. The first kappa shape index (κ1) is 14.5. The Balaban J connectivity index is 2.00. The second-order valence-corrected chi connectivity index (χ2v) is 5.41. The van der Waals surface area contributed by atoms with Crippen molar-refractivity contribution in [2.75, 3.05) is 0 Å². The maximum absolute atomic E-state index is 13.1. The number of carboxylic acids is 1. The molecule has 1 aliphatic rings. The first-order valence-corrected chi connectivity index (χ1v) is 7.29. The quantitative estimate of drug-likeness (QED) is 0.930. The molecule has 0 saturated heterocycles. The average molecular weight is 301 g/mol. The van der Waals surface area contributed by atoms with Crippen LogP contribution in [0.4, 0.5) is 4.39 Å². The van der Waals surface area contributed by atoms with Crippen molar-refractivity contribution in [2.45, 2.75) is 31.8 Å². The standard InChI is InChI=1S/C17H16FNO3/c18-13-7-5-11(6-8-13)15-9-12(17(20)21)10-19-16(15)22-14-3-1-2-4-14/h5-10,14H,1-4H2,(H,20,21). The van der Waals surface area contributed by atoms with Crippen molar-refractivity contribution in [1.82, 2.24) is 4.98 Å². The SMILES string of the molecule is O=C(O)c1cnc(OC2CCCC2)c(-c2ccc(F)cc2)c1. The second kappa shape index (κ2) is 6.13. The number of rotatable bonds is 4. The van der Waals surface area contributed by atoms with Gasteiger partial charge in [0.25, 0.3) is 0 Å². The smallest absolute Gasteiger partial charge is 0.337 e. The number of carbonyl (C=O) groups is 1. The largest absolute Gasteiger partial charge is 0.478 e. The van der Waals surface area contributed by atoms with Gasteiger partial charge in [0, 0.05) is 11.8 Å². The summed E-state index contributed by atoms with van der Waals surface area (Å²) in [6.45, 7) is 0. The Morgan fingerprint density at radius 1 is 1.23 bits per heavy atom. The summed E-state index contributed by atoms with van der Waals surface area (Å²) in [6.07, 6.45) is 5.62. The van der Waals surface area contributed by atoms with Crippen LogP contribution < -0.4 is 4.74 Å². The molecule has 1 saturated carbocycles. The van der Waals surface area contributed by atoms with Crippen LogP contribution >= 0.6 is 0 Å². The van der Waals surface area contributed by atoms with E-state index in [0.29, 0.717) is 17.0 Å². The van der Waals surface area contributed by atoms with Gasteiger partial charge in [-0.15, -0.1) is 0 Å². The topological polar surface area (TPSA) is 59.4 Å². The fourth-order valence-electron chi connectivity index (χ4n) is 2.66. The number of aromatic nitrogens is 1. The molecule has 1 aromatic heterocycles. The lowest BCUT2D eigenvalue weighted by molar-refractivity contribution is 0.0696. The normalized spacial score (nSPS) is 15.0. The summed E-state index contributed by atoms with van der Waals surface area (Å²) >= 11 is 0. The maximum atomic E-state index is 13.1. The monoisotopic (exact) mass is 301 g/mol. The zero-order chi connectivity index (χ0) is 15.5. The van der Waals surface area contributed by atoms with Crippen molar-refractivity contribution < 1.29 is 19.0 Å². The summed E-state index contributed by atoms with van der Waals surface area (Å²) in [5, 5.41) is 9.13. The van der Waals surface area contributed by atoms with Crippen molar-refractivity contribution in [3.05, 3.63) is 47.9 Å². The summed E-state index contributed by atoms with van der Waals surface area (Å²) in [6, 6.07) is 7.38. The third kappa shape index (κ3) is 3.08. The van der Waals surface area contributed by atoms with E-state index in [4.69, 9.17) is 9.84 Å². The van der Waals surface area contributed by atoms with Gasteiger partial charge in [-0.05, 0) is 49.4 Å². The Labute approximate surface area is 127 Å². The number of pyridine rings is 1. The van der Waals surface area contributed by atoms with Crippen LogP contribution in [-0.4, -0.2) is 22.2 Å². The third-order valence-electron chi connectivity index (χ3n) is 3.83. The van der Waals surface area contributed by atoms with Crippen LogP contribution in [0.15, 0.2) is 36.5 Å². The maximum Gasteiger partial charge on any atom is 0.337 e. The average Bonchev–Trinajstić information content (AvgIpc) is 3.01. The lowest BCUT2D eigenvalue weighted by atomic mass is 10.1. The Morgan fingerprint density at radius 2 is 1.91 bits per heavy atom. The molecule has 3 rings (SSSR count). The van der Waals surface area contributed by atoms with Gasteiger partial charge in [0.05, 0.1) is 5.56 Å². The molecule has 1 aliphatic carbocycles. The number of nitrogens with zero attached hydrogens (tertiary/aromatic N) is 1. The second-order valence-electron chi connectivity index (χ2n) is 5.41. The number of hydrogen-bond acceptors (Lipinski definition) is 3. The van der Waals surface area contributed by atoms with Crippen molar-refractivity contribution in [3.63, 3.8) is 0 Å². The molecule has 4 nitrogen and oxygen atoms in total. The number of halogens is 1. The molecule has 0 bridgehead atoms. The van der Waals surface area contributed by atoms with Crippen LogP contribution in [0.1, 0.15) is 36.0 Å². The Kier molecular flexibility index (Phi) is 4.04. The highest BCUT2D eigenvalue weighted by molar-refractivity contribution is 5.89. The molecule has 0 unspecified atom stereocenters. The molecule has 0 amide bonds. The number of hydrogen-bond donors (Lipinski definition) is 1. The highest BCUT2D eigenvalue weighted by atomic mass is 19.1. The van der Waals surface area contributed by atoms with Gasteiger partial charge in [-0.2, -0.15) is 0 Å². The van der Waals surface area contributed by atoms with E-state index in [1.54, 1.807) is 12.1 Å². The summed E-state index contributed by atoms with van der Waals surface area (Å²) < 4.78 is 19.0. The van der Waals surface area contributed by atoms with Crippen molar-refractivity contribution in [1.29, 1.82) is 0 Å². The fraction of sp³-hybridized carbons (Fsp3) is 0.294. The van der Waals surface area contributed by atoms with Crippen LogP contribution in [0, 0.1) is 5.82 Å². The van der Waals surface area contributed by atoms with Crippen LogP contribution in [0.5, 0.6) is 5.88 Å². The van der Waals surface area contributed by atoms with Gasteiger partial charge in [-0.3, -0.25) is 0 Å². The fourth-order valence-corrected chi connectivity index (χ4v) is 2.66. The summed E-state index contributed by atoms with van der Waals surface area (Å²) in [5.74, 6) is -0.990. The third-order valence-corrected chi connectivity index (χ3v) is 3.83. The van der Waals surface area contributed by atoms with Gasteiger partial charge < -0.3 is 9.84 Å². The molecule has 1 N–H and O–H groups in total. The van der Waals surface area contributed by atoms with Gasteiger partial charge in [-0.1, -0.05) is 12.1 Å². The predicted molar refractivity (Wildman–Crippen MR) is 79.5 cm³/mol. The van der Waals surface area contributed by atoms with Gasteiger partial charge in [-0.25, -0.2) is 14.2 Å². The van der Waals surface area contributed by atoms with E-state index in [-0.39, 0.29) is 17.5 Å². The lowest BCUT2D eigenvalue weighted by Crippen LogP contribution is -2.13. The van der Waals surface area contributed by atoms with Gasteiger partial charge in [0.1, 0.15) is 11.9 Å². The summed E-state index contributed by atoms with van der Waals surface area (Å²) in [4.78, 5) is 15.3. The number of ether oxygens (including phenoxy) is 1. The van der Waals surface area contributed by atoms with E-state index >= 15 is 0 Å². The van der Waals surface area contributed by atoms with Crippen molar-refractivity contribution >= 4 is 5.97 Å². The molecular formula is C17H16FNO3. The Hall–Kier alpha value is -2.43. The molecular weight excluding hydrogens is 285 g/mol. The van der Waals surface area contributed by atoms with E-state index in [1.807, 2.05) is 0 Å². The molecule has 0 aliphatic heterocycles. The first-order valence-electron chi connectivity index (χ1n) is 7.29. The predicted octanol–water partition coefficient (Wildman–Crippen LogP) is 3.91. The Bertz CT molecular complexity index is 679. The molecule has 2 aromatic rings. The molecule has 0 atom stereocenters. The highest BCUT2D eigenvalue weighted by Gasteiger charge is 2.20. The van der Waals surface area contributed by atoms with E-state index in [0.717, 1.165) is 25.7 Å². The van der Waals surface area contributed by atoms with Gasteiger partial charge in [0.15, 0.2) is 0 Å². The zero-order valence-corrected chi connectivity index (χ0v) is 12.0. The van der Waals surface area contributed by atoms with Crippen molar-refractivity contribution in [2.24, 2.45) is 0 Å². The summed E-state index contributed by atoms with van der Waals surface area (Å²) in [7, 11) is 0. The molecule has 1 fully saturated rings. The van der Waals surface area contributed by atoms with Crippen molar-refractivity contribution in [3.8, 4) is 17.0 Å².